The summed E-state index contributed by atoms with van der Waals surface area (Å²) in [6.45, 7) is 0.308. The fraction of sp³-hybridized carbons (Fsp3) is 0.333. The van der Waals surface area contributed by atoms with Crippen LogP contribution < -0.4 is 0 Å². The summed E-state index contributed by atoms with van der Waals surface area (Å²) in [5.74, 6) is -0.237. The number of aliphatic hydroxyl groups is 1. The van der Waals surface area contributed by atoms with Gasteiger partial charge < -0.3 is 14.4 Å². The molecule has 0 amide bonds. The molecule has 1 aromatic heterocycles. The summed E-state index contributed by atoms with van der Waals surface area (Å²) in [6, 6.07) is 3.16. The molecule has 0 radical (unpaired) electrons. The molecule has 0 saturated carbocycles. The molecule has 0 aliphatic rings. The number of nitrogens with zero attached hydrogens (tertiary/aromatic N) is 4. The number of halogens is 1. The van der Waals surface area contributed by atoms with Crippen molar-refractivity contribution in [2.24, 2.45) is 0 Å². The zero-order valence-corrected chi connectivity index (χ0v) is 11.2. The highest BCUT2D eigenvalue weighted by Gasteiger charge is 2.17. The third kappa shape index (κ3) is 3.20. The summed E-state index contributed by atoms with van der Waals surface area (Å²) < 4.78 is 20.0. The van der Waals surface area contributed by atoms with Crippen LogP contribution in [0.15, 0.2) is 18.2 Å². The molecule has 1 heterocycles. The van der Waals surface area contributed by atoms with Gasteiger partial charge in [0.2, 0.25) is 0 Å². The van der Waals surface area contributed by atoms with E-state index in [0.29, 0.717) is 13.2 Å². The van der Waals surface area contributed by atoms with E-state index in [9.17, 15) is 19.6 Å². The molecule has 0 unspecified atom stereocenters. The summed E-state index contributed by atoms with van der Waals surface area (Å²) in [5, 5.41) is 27.7. The molecular formula is C12H13FN4O4. The van der Waals surface area contributed by atoms with E-state index in [-0.39, 0.29) is 29.5 Å². The Morgan fingerprint density at radius 1 is 1.43 bits per heavy atom. The van der Waals surface area contributed by atoms with E-state index in [0.717, 1.165) is 12.1 Å². The van der Waals surface area contributed by atoms with Gasteiger partial charge in [0.05, 0.1) is 17.6 Å². The number of hydrogen-bond acceptors (Lipinski definition) is 6. The fourth-order valence-electron chi connectivity index (χ4n) is 1.89. The molecule has 1 aromatic carbocycles. The lowest BCUT2D eigenvalue weighted by Gasteiger charge is -2.08. The number of aromatic nitrogens is 3. The molecule has 0 spiro atoms. The quantitative estimate of drug-likeness (QED) is 0.633. The molecule has 0 aliphatic heterocycles. The van der Waals surface area contributed by atoms with Gasteiger partial charge in [0.25, 0.3) is 5.69 Å². The Hall–Kier alpha value is -2.39. The molecule has 8 nitrogen and oxygen atoms in total. The van der Waals surface area contributed by atoms with Crippen molar-refractivity contribution in [2.75, 3.05) is 13.7 Å². The van der Waals surface area contributed by atoms with E-state index in [2.05, 4.69) is 10.2 Å². The maximum Gasteiger partial charge on any atom is 0.273 e. The normalized spacial score (nSPS) is 10.8. The number of aliphatic hydroxyl groups excluding tert-OH is 1. The van der Waals surface area contributed by atoms with Crippen molar-refractivity contribution in [1.82, 2.24) is 14.8 Å². The second kappa shape index (κ2) is 6.37. The predicted molar refractivity (Wildman–Crippen MR) is 69.9 cm³/mol. The van der Waals surface area contributed by atoms with E-state index in [1.807, 2.05) is 0 Å². The van der Waals surface area contributed by atoms with Crippen molar-refractivity contribution < 1.29 is 19.2 Å². The molecule has 2 aromatic rings. The highest BCUT2D eigenvalue weighted by Crippen LogP contribution is 2.25. The average Bonchev–Trinajstić information content (AvgIpc) is 2.87. The molecular weight excluding hydrogens is 283 g/mol. The van der Waals surface area contributed by atoms with E-state index in [1.54, 1.807) is 0 Å². The Balaban J connectivity index is 2.50. The van der Waals surface area contributed by atoms with Gasteiger partial charge in [0.1, 0.15) is 12.4 Å². The van der Waals surface area contributed by atoms with Crippen LogP contribution in [0.5, 0.6) is 0 Å². The minimum absolute atomic E-state index is 0.213. The molecule has 1 N–H and O–H groups in total. The topological polar surface area (TPSA) is 103 Å². The first kappa shape index (κ1) is 15.0. The third-order valence-corrected chi connectivity index (χ3v) is 2.84. The third-order valence-electron chi connectivity index (χ3n) is 2.84. The molecule has 2 rings (SSSR count). The lowest BCUT2D eigenvalue weighted by Crippen LogP contribution is -2.10. The van der Waals surface area contributed by atoms with Gasteiger partial charge in [-0.15, -0.1) is 10.2 Å². The van der Waals surface area contributed by atoms with Crippen molar-refractivity contribution in [3.63, 3.8) is 0 Å². The molecule has 21 heavy (non-hydrogen) atoms. The lowest BCUT2D eigenvalue weighted by atomic mass is 10.2. The zero-order valence-electron chi connectivity index (χ0n) is 11.2. The summed E-state index contributed by atoms with van der Waals surface area (Å²) in [5.41, 5.74) is -0.165. The van der Waals surface area contributed by atoms with E-state index in [4.69, 9.17) is 4.74 Å². The monoisotopic (exact) mass is 296 g/mol. The number of benzene rings is 1. The van der Waals surface area contributed by atoms with Crippen molar-refractivity contribution >= 4 is 5.69 Å². The maximum absolute atomic E-state index is 13.5. The Morgan fingerprint density at radius 3 is 2.81 bits per heavy atom. The Kier molecular flexibility index (Phi) is 4.55. The number of rotatable bonds is 6. The second-order valence-corrected chi connectivity index (χ2v) is 4.20. The van der Waals surface area contributed by atoms with Crippen LogP contribution in [0, 0.1) is 15.9 Å². The van der Waals surface area contributed by atoms with Crippen molar-refractivity contribution in [2.45, 2.75) is 13.2 Å². The van der Waals surface area contributed by atoms with Crippen molar-refractivity contribution in [3.8, 4) is 11.4 Å². The van der Waals surface area contributed by atoms with Gasteiger partial charge in [0, 0.05) is 25.3 Å². The number of hydrogen-bond donors (Lipinski definition) is 1. The minimum atomic E-state index is -0.744. The Labute approximate surface area is 119 Å². The van der Waals surface area contributed by atoms with Gasteiger partial charge in [0.15, 0.2) is 11.6 Å². The van der Waals surface area contributed by atoms with Gasteiger partial charge in [-0.3, -0.25) is 10.1 Å². The second-order valence-electron chi connectivity index (χ2n) is 4.20. The van der Waals surface area contributed by atoms with E-state index < -0.39 is 10.7 Å². The van der Waals surface area contributed by atoms with Crippen LogP contribution in [0.3, 0.4) is 0 Å². The summed E-state index contributed by atoms with van der Waals surface area (Å²) in [4.78, 5) is 10.1. The van der Waals surface area contributed by atoms with Gasteiger partial charge in [-0.2, -0.15) is 0 Å². The van der Waals surface area contributed by atoms with Crippen molar-refractivity contribution in [3.05, 3.63) is 40.0 Å². The molecule has 9 heteroatoms. The zero-order chi connectivity index (χ0) is 15.4. The standard InChI is InChI=1S/C12H13FN4O4/c1-21-3-2-16-11(7-18)14-15-12(16)8-4-9(13)6-10(5-8)17(19)20/h4-6,18H,2-3,7H2,1H3. The highest BCUT2D eigenvalue weighted by atomic mass is 19.1. The summed E-state index contributed by atoms with van der Waals surface area (Å²) >= 11 is 0. The lowest BCUT2D eigenvalue weighted by molar-refractivity contribution is -0.385. The first-order valence-electron chi connectivity index (χ1n) is 6.04. The first-order chi connectivity index (χ1) is 10.1. The van der Waals surface area contributed by atoms with Crippen LogP contribution >= 0.6 is 0 Å². The molecule has 0 fully saturated rings. The smallest absolute Gasteiger partial charge is 0.273 e. The highest BCUT2D eigenvalue weighted by molar-refractivity contribution is 5.59. The molecule has 0 atom stereocenters. The molecule has 0 aliphatic carbocycles. The van der Waals surface area contributed by atoms with Crippen LogP contribution in [0.1, 0.15) is 5.82 Å². The number of non-ortho nitro benzene ring substituents is 1. The fourth-order valence-corrected chi connectivity index (χ4v) is 1.89. The van der Waals surface area contributed by atoms with Gasteiger partial charge in [-0.25, -0.2) is 4.39 Å². The van der Waals surface area contributed by atoms with Gasteiger partial charge in [-0.1, -0.05) is 0 Å². The van der Waals surface area contributed by atoms with E-state index >= 15 is 0 Å². The number of nitro groups is 1. The number of methoxy groups -OCH3 is 1. The molecule has 112 valence electrons. The van der Waals surface area contributed by atoms with Gasteiger partial charge in [-0.05, 0) is 6.07 Å². The van der Waals surface area contributed by atoms with Crippen molar-refractivity contribution in [1.29, 1.82) is 0 Å². The number of nitro benzene ring substituents is 1. The van der Waals surface area contributed by atoms with Crippen LogP contribution in [0.2, 0.25) is 0 Å². The number of ether oxygens (including phenoxy) is 1. The van der Waals surface area contributed by atoms with E-state index in [1.165, 1.54) is 17.7 Å². The summed E-state index contributed by atoms with van der Waals surface area (Å²) in [7, 11) is 1.51. The predicted octanol–water partition coefficient (Wildman–Crippen LogP) is 1.13. The summed E-state index contributed by atoms with van der Waals surface area (Å²) in [6.07, 6.45) is 0. The largest absolute Gasteiger partial charge is 0.388 e. The Bertz CT molecular complexity index is 659. The first-order valence-corrected chi connectivity index (χ1v) is 6.04. The maximum atomic E-state index is 13.5. The average molecular weight is 296 g/mol. The van der Waals surface area contributed by atoms with Crippen LogP contribution in [0.25, 0.3) is 11.4 Å². The SMILES string of the molecule is COCCn1c(CO)nnc1-c1cc(F)cc([N+](=O)[O-])c1. The van der Waals surface area contributed by atoms with Crippen LogP contribution in [-0.4, -0.2) is 38.5 Å². The Morgan fingerprint density at radius 2 is 2.19 bits per heavy atom. The van der Waals surface area contributed by atoms with Gasteiger partial charge >= 0.3 is 0 Å². The molecule has 0 saturated heterocycles. The van der Waals surface area contributed by atoms with Crippen LogP contribution in [0.4, 0.5) is 10.1 Å². The minimum Gasteiger partial charge on any atom is -0.388 e. The molecule has 0 bridgehead atoms. The van der Waals surface area contributed by atoms with Crippen LogP contribution in [-0.2, 0) is 17.9 Å².